The number of esters is 3. The van der Waals surface area contributed by atoms with E-state index in [-0.39, 0.29) is 19.3 Å². The van der Waals surface area contributed by atoms with Gasteiger partial charge in [0.15, 0.2) is 6.10 Å². The summed E-state index contributed by atoms with van der Waals surface area (Å²) in [5.41, 5.74) is 0. The van der Waals surface area contributed by atoms with E-state index in [9.17, 15) is 43.5 Å². The second-order valence-corrected chi connectivity index (χ2v) is 27.6. The molecule has 0 spiro atoms. The van der Waals surface area contributed by atoms with Crippen molar-refractivity contribution in [1.82, 2.24) is 0 Å². The number of hydrogen-bond acceptors (Lipinski definition) is 14. The highest BCUT2D eigenvalue weighted by Gasteiger charge is 2.29. The van der Waals surface area contributed by atoms with Gasteiger partial charge < -0.3 is 34.2 Å². The molecule has 0 bridgehead atoms. The summed E-state index contributed by atoms with van der Waals surface area (Å²) < 4.78 is 61.1. The molecule has 0 saturated carbocycles. The molecule has 0 aromatic rings. The second-order valence-electron chi connectivity index (χ2n) is 24.7. The monoisotopic (exact) mass is 1450 g/mol. The number of carbonyl (C=O) groups excluding carboxylic acids is 3. The molecule has 0 aliphatic rings. The molecule has 0 aliphatic heterocycles. The van der Waals surface area contributed by atoms with Gasteiger partial charge in [0, 0.05) is 19.3 Å². The maximum atomic E-state index is 13.0. The van der Waals surface area contributed by atoms with Crippen LogP contribution < -0.4 is 0 Å². The van der Waals surface area contributed by atoms with Gasteiger partial charge in [0.2, 0.25) is 0 Å². The Morgan fingerprint density at radius 1 is 0.287 bits per heavy atom. The Morgan fingerprint density at radius 3 is 0.842 bits per heavy atom. The number of ether oxygens (including phenoxy) is 3. The predicted molar refractivity (Wildman–Crippen MR) is 417 cm³/mol. The highest BCUT2D eigenvalue weighted by Crippen LogP contribution is 2.45. The molecule has 0 fully saturated rings. The van der Waals surface area contributed by atoms with E-state index in [4.69, 9.17) is 32.3 Å². The highest BCUT2D eigenvalue weighted by molar-refractivity contribution is 7.47. The molecule has 0 rings (SSSR count). The fourth-order valence-corrected chi connectivity index (χ4v) is 10.9. The van der Waals surface area contributed by atoms with Crippen LogP contribution in [0.15, 0.2) is 182 Å². The lowest BCUT2D eigenvalue weighted by molar-refractivity contribution is -0.161. The quantitative estimate of drug-likeness (QED) is 0.0146. The summed E-state index contributed by atoms with van der Waals surface area (Å²) >= 11 is 0. The Hall–Kier alpha value is -5.35. The molecule has 0 aromatic heterocycles. The Balaban J connectivity index is 4.78. The van der Waals surface area contributed by atoms with Crippen molar-refractivity contribution < 1.29 is 75.8 Å². The molecule has 0 saturated heterocycles. The third-order valence-electron chi connectivity index (χ3n) is 15.1. The SMILES string of the molecule is CC/C=C\C/C=C\C/C=C\C/C=C\C/C=C\C/C=C\CCCCCCC(=O)OCC(O)COP(=O)(O)OCC(O)COP(=O)(O)OCC(COC(=O)CCCCCCCCC/C=C\C/C=C\C/C=C\C/C=C\CCCCC)OC(=O)CCCCC/C=C\C/C=C\C/C=C\C/C=C\C/C=C\CC. The van der Waals surface area contributed by atoms with Gasteiger partial charge in [-0.15, -0.1) is 0 Å². The van der Waals surface area contributed by atoms with E-state index < -0.39 is 91.5 Å². The van der Waals surface area contributed by atoms with E-state index >= 15 is 0 Å². The van der Waals surface area contributed by atoms with Crippen LogP contribution in [0.5, 0.6) is 0 Å². The first-order chi connectivity index (χ1) is 49.2. The standard InChI is InChI=1S/C83H134O16P2/c1-4-7-10-13-16-19-22-25-28-31-34-36-38-40-43-45-48-51-54-57-60-63-66-69-81(86)93-72-78(84)73-95-100(89,90)96-74-79(85)75-97-101(91,92)98-77-80(99-83(88)71-68-65-62-59-56-53-50-47-42-33-30-27-24-21-18-15-12-9-6-3)76-94-82(87)70-67-64-61-58-55-52-49-46-44-41-39-37-35-32-29-26-23-20-17-14-11-8-5-2/h7,9-10,12,16-21,25-30,34-37,40-44,47-48,51,53,56,78-80,84-85H,4-6,8,11,13-15,22-24,31-33,38-39,45-46,49-50,52,54-55,57-77H2,1-3H3,(H,89,90)(H,91,92)/b10-7-,12-9-,19-16-,20-17-,21-18-,28-25-,29-26-,30-27-,36-34-,37-35-,43-40-,44-41-,47-42-,51-48-,56-53-. The molecule has 0 amide bonds. The summed E-state index contributed by atoms with van der Waals surface area (Å²) in [4.78, 5) is 58.6. The van der Waals surface area contributed by atoms with Gasteiger partial charge in [0.1, 0.15) is 25.4 Å². The number of unbranched alkanes of at least 4 members (excludes halogenated alkanes) is 17. The Labute approximate surface area is 611 Å². The summed E-state index contributed by atoms with van der Waals surface area (Å²) in [6, 6.07) is 0. The van der Waals surface area contributed by atoms with E-state index in [1.807, 2.05) is 0 Å². The number of aliphatic hydroxyl groups is 2. The largest absolute Gasteiger partial charge is 0.472 e. The molecule has 101 heavy (non-hydrogen) atoms. The van der Waals surface area contributed by atoms with Crippen LogP contribution in [0.1, 0.15) is 265 Å². The first-order valence-corrected chi connectivity index (χ1v) is 41.1. The molecule has 18 heteroatoms. The van der Waals surface area contributed by atoms with Crippen molar-refractivity contribution in [2.75, 3.05) is 39.6 Å². The molecule has 0 heterocycles. The molecular weight excluding hydrogens is 1310 g/mol. The third-order valence-corrected chi connectivity index (χ3v) is 17.0. The summed E-state index contributed by atoms with van der Waals surface area (Å²) in [5, 5.41) is 20.6. The van der Waals surface area contributed by atoms with Gasteiger partial charge in [0.05, 0.1) is 26.4 Å². The summed E-state index contributed by atoms with van der Waals surface area (Å²) in [5.74, 6) is -1.66. The normalized spacial score (nSPS) is 15.0. The topological polar surface area (TPSA) is 231 Å². The molecule has 0 aliphatic carbocycles. The van der Waals surface area contributed by atoms with Crippen molar-refractivity contribution in [3.05, 3.63) is 182 Å². The van der Waals surface area contributed by atoms with Crippen molar-refractivity contribution in [2.45, 2.75) is 283 Å². The maximum Gasteiger partial charge on any atom is 0.472 e. The zero-order valence-corrected chi connectivity index (χ0v) is 64.0. The van der Waals surface area contributed by atoms with Crippen LogP contribution in [0.3, 0.4) is 0 Å². The van der Waals surface area contributed by atoms with Crippen LogP contribution in [0.4, 0.5) is 0 Å². The number of rotatable bonds is 70. The minimum Gasteiger partial charge on any atom is -0.463 e. The van der Waals surface area contributed by atoms with E-state index in [1.54, 1.807) is 0 Å². The van der Waals surface area contributed by atoms with Crippen molar-refractivity contribution >= 4 is 33.6 Å². The van der Waals surface area contributed by atoms with Gasteiger partial charge in [-0.3, -0.25) is 32.5 Å². The lowest BCUT2D eigenvalue weighted by Gasteiger charge is -2.21. The van der Waals surface area contributed by atoms with Crippen molar-refractivity contribution in [3.63, 3.8) is 0 Å². The number of aliphatic hydroxyl groups excluding tert-OH is 2. The van der Waals surface area contributed by atoms with E-state index in [2.05, 4.69) is 203 Å². The number of allylic oxidation sites excluding steroid dienone is 30. The fourth-order valence-electron chi connectivity index (χ4n) is 9.35. The van der Waals surface area contributed by atoms with Gasteiger partial charge in [-0.1, -0.05) is 267 Å². The number of phosphoric acid groups is 2. The molecule has 572 valence electrons. The third kappa shape index (κ3) is 75.6. The first kappa shape index (κ1) is 95.6. The lowest BCUT2D eigenvalue weighted by atomic mass is 10.1. The Bertz CT molecular complexity index is 2570. The fraction of sp³-hybridized carbons (Fsp3) is 0.602. The van der Waals surface area contributed by atoms with Crippen molar-refractivity contribution in [3.8, 4) is 0 Å². The summed E-state index contributed by atoms with van der Waals surface area (Å²) in [7, 11) is -9.83. The number of phosphoric ester groups is 2. The minimum atomic E-state index is -4.95. The van der Waals surface area contributed by atoms with Gasteiger partial charge in [-0.25, -0.2) is 9.13 Å². The van der Waals surface area contributed by atoms with E-state index in [0.29, 0.717) is 19.3 Å². The van der Waals surface area contributed by atoms with E-state index in [1.165, 1.54) is 25.7 Å². The molecule has 4 N–H and O–H groups in total. The molecular formula is C83H134O16P2. The van der Waals surface area contributed by atoms with Crippen LogP contribution >= 0.6 is 15.6 Å². The van der Waals surface area contributed by atoms with Gasteiger partial charge in [-0.2, -0.15) is 0 Å². The average molecular weight is 1450 g/mol. The van der Waals surface area contributed by atoms with Crippen LogP contribution in [0.25, 0.3) is 0 Å². The van der Waals surface area contributed by atoms with Gasteiger partial charge >= 0.3 is 33.6 Å². The van der Waals surface area contributed by atoms with Gasteiger partial charge in [0.25, 0.3) is 0 Å². The average Bonchev–Trinajstić information content (AvgIpc) is 1.05. The molecule has 16 nitrogen and oxygen atoms in total. The summed E-state index contributed by atoms with van der Waals surface area (Å²) in [6.45, 7) is 2.31. The van der Waals surface area contributed by atoms with Crippen molar-refractivity contribution in [1.29, 1.82) is 0 Å². The molecule has 0 radical (unpaired) electrons. The Morgan fingerprint density at radius 2 is 0.525 bits per heavy atom. The first-order valence-electron chi connectivity index (χ1n) is 38.1. The molecule has 0 aromatic carbocycles. The van der Waals surface area contributed by atoms with Crippen LogP contribution in [-0.4, -0.2) is 95.9 Å². The zero-order valence-electron chi connectivity index (χ0n) is 62.2. The minimum absolute atomic E-state index is 0.0547. The van der Waals surface area contributed by atoms with Crippen LogP contribution in [0, 0.1) is 0 Å². The second kappa shape index (κ2) is 74.4. The van der Waals surface area contributed by atoms with Gasteiger partial charge in [-0.05, 0) is 161 Å². The molecule has 5 unspecified atom stereocenters. The smallest absolute Gasteiger partial charge is 0.463 e. The van der Waals surface area contributed by atoms with Crippen LogP contribution in [-0.2, 0) is 55.8 Å². The van der Waals surface area contributed by atoms with Crippen LogP contribution in [0.2, 0.25) is 0 Å². The summed E-state index contributed by atoms with van der Waals surface area (Å²) in [6.07, 6.45) is 95.0. The maximum absolute atomic E-state index is 13.0. The highest BCUT2D eigenvalue weighted by atomic mass is 31.2. The zero-order chi connectivity index (χ0) is 73.7. The lowest BCUT2D eigenvalue weighted by Crippen LogP contribution is -2.30. The number of hydrogen-bond donors (Lipinski definition) is 4. The predicted octanol–water partition coefficient (Wildman–Crippen LogP) is 22.2. The Kier molecular flexibility index (Phi) is 70.4. The van der Waals surface area contributed by atoms with E-state index in [0.717, 1.165) is 180 Å². The van der Waals surface area contributed by atoms with Crippen molar-refractivity contribution in [2.24, 2.45) is 0 Å². The number of carbonyl (C=O) groups is 3. The molecule has 5 atom stereocenters.